The Kier molecular flexibility index (Phi) is 6.42. The summed E-state index contributed by atoms with van der Waals surface area (Å²) >= 11 is 1.62. The average Bonchev–Trinajstić information content (AvgIpc) is 2.93. The van der Waals surface area contributed by atoms with Crippen LogP contribution in [0.25, 0.3) is 0 Å². The fourth-order valence-electron chi connectivity index (χ4n) is 1.55. The number of thioether (sulfide) groups is 1. The molecule has 108 valence electrons. The van der Waals surface area contributed by atoms with E-state index in [0.29, 0.717) is 6.61 Å². The zero-order valence-corrected chi connectivity index (χ0v) is 12.2. The highest BCUT2D eigenvalue weighted by molar-refractivity contribution is 7.98. The number of hydrogen-bond acceptors (Lipinski definition) is 7. The molecule has 7 nitrogen and oxygen atoms in total. The first kappa shape index (κ1) is 14.9. The summed E-state index contributed by atoms with van der Waals surface area (Å²) in [6.45, 7) is 3.10. The molecule has 2 rings (SSSR count). The van der Waals surface area contributed by atoms with Gasteiger partial charge in [-0.1, -0.05) is 11.8 Å². The van der Waals surface area contributed by atoms with E-state index < -0.39 is 0 Å². The standard InChI is InChI=1S/C12H18N6OS/c1-19-9-7-14-6-8-18-12(15-16-17-18)20-10-11-2-4-13-5-3-11/h2-5,14H,6-10H2,1H3. The van der Waals surface area contributed by atoms with Crippen LogP contribution in [0.2, 0.25) is 0 Å². The van der Waals surface area contributed by atoms with Crippen LogP contribution in [0.15, 0.2) is 29.7 Å². The molecule has 0 saturated carbocycles. The van der Waals surface area contributed by atoms with Gasteiger partial charge in [-0.2, -0.15) is 0 Å². The predicted octanol–water partition coefficient (Wildman–Crippen LogP) is 0.596. The van der Waals surface area contributed by atoms with Gasteiger partial charge in [0.15, 0.2) is 0 Å². The molecule has 0 aromatic carbocycles. The largest absolute Gasteiger partial charge is 0.383 e. The van der Waals surface area contributed by atoms with Gasteiger partial charge in [0, 0.05) is 38.3 Å². The highest BCUT2D eigenvalue weighted by atomic mass is 32.2. The molecule has 2 aromatic heterocycles. The van der Waals surface area contributed by atoms with Crippen LogP contribution in [0.5, 0.6) is 0 Å². The van der Waals surface area contributed by atoms with Gasteiger partial charge in [-0.3, -0.25) is 4.98 Å². The Bertz CT molecular complexity index is 492. The van der Waals surface area contributed by atoms with Crippen LogP contribution in [-0.2, 0) is 17.0 Å². The van der Waals surface area contributed by atoms with Crippen molar-refractivity contribution in [2.75, 3.05) is 26.8 Å². The van der Waals surface area contributed by atoms with E-state index in [-0.39, 0.29) is 0 Å². The second-order valence-corrected chi connectivity index (χ2v) is 5.01. The molecule has 0 radical (unpaired) electrons. The second kappa shape index (κ2) is 8.62. The van der Waals surface area contributed by atoms with Crippen LogP contribution in [-0.4, -0.2) is 52.0 Å². The SMILES string of the molecule is COCCNCCn1nnnc1SCc1ccncc1. The molecule has 20 heavy (non-hydrogen) atoms. The number of nitrogens with one attached hydrogen (secondary N) is 1. The summed E-state index contributed by atoms with van der Waals surface area (Å²) < 4.78 is 6.78. The van der Waals surface area contributed by atoms with Crippen LogP contribution < -0.4 is 5.32 Å². The lowest BCUT2D eigenvalue weighted by atomic mass is 10.3. The van der Waals surface area contributed by atoms with Gasteiger partial charge in [-0.25, -0.2) is 4.68 Å². The van der Waals surface area contributed by atoms with Gasteiger partial charge in [0.1, 0.15) is 0 Å². The molecule has 1 N–H and O–H groups in total. The topological polar surface area (TPSA) is 77.8 Å². The number of hydrogen-bond donors (Lipinski definition) is 1. The molecule has 0 aliphatic carbocycles. The Morgan fingerprint density at radius 3 is 2.95 bits per heavy atom. The maximum atomic E-state index is 4.97. The Labute approximate surface area is 122 Å². The molecule has 2 aromatic rings. The first-order chi connectivity index (χ1) is 9.90. The third-order valence-electron chi connectivity index (χ3n) is 2.60. The van der Waals surface area contributed by atoms with E-state index in [2.05, 4.69) is 25.8 Å². The Morgan fingerprint density at radius 2 is 2.15 bits per heavy atom. The number of aromatic nitrogens is 5. The predicted molar refractivity (Wildman–Crippen MR) is 76.4 cm³/mol. The van der Waals surface area contributed by atoms with E-state index in [9.17, 15) is 0 Å². The van der Waals surface area contributed by atoms with Crippen molar-refractivity contribution in [1.29, 1.82) is 0 Å². The van der Waals surface area contributed by atoms with Crippen molar-refractivity contribution in [3.05, 3.63) is 30.1 Å². The molecule has 0 aliphatic rings. The lowest BCUT2D eigenvalue weighted by Crippen LogP contribution is -2.24. The molecule has 2 heterocycles. The fraction of sp³-hybridized carbons (Fsp3) is 0.500. The second-order valence-electron chi connectivity index (χ2n) is 4.07. The molecule has 0 saturated heterocycles. The normalized spacial score (nSPS) is 10.8. The summed E-state index contributed by atoms with van der Waals surface area (Å²) in [4.78, 5) is 4.00. The molecule has 0 spiro atoms. The monoisotopic (exact) mass is 294 g/mol. The molecule has 0 amide bonds. The summed E-state index contributed by atoms with van der Waals surface area (Å²) in [5.74, 6) is 0.833. The van der Waals surface area contributed by atoms with E-state index in [0.717, 1.165) is 30.5 Å². The van der Waals surface area contributed by atoms with Crippen molar-refractivity contribution in [1.82, 2.24) is 30.5 Å². The third-order valence-corrected chi connectivity index (χ3v) is 3.63. The van der Waals surface area contributed by atoms with Gasteiger partial charge >= 0.3 is 0 Å². The minimum atomic E-state index is 0.708. The molecule has 0 aliphatic heterocycles. The summed E-state index contributed by atoms with van der Waals surface area (Å²) in [6.07, 6.45) is 3.58. The molecule has 0 atom stereocenters. The van der Waals surface area contributed by atoms with E-state index in [1.54, 1.807) is 31.3 Å². The summed E-state index contributed by atoms with van der Waals surface area (Å²) in [5.41, 5.74) is 1.21. The first-order valence-corrected chi connectivity index (χ1v) is 7.36. The fourth-order valence-corrected chi connectivity index (χ4v) is 2.41. The lowest BCUT2D eigenvalue weighted by molar-refractivity contribution is 0.199. The lowest BCUT2D eigenvalue weighted by Gasteiger charge is -2.05. The summed E-state index contributed by atoms with van der Waals surface area (Å²) in [6, 6.07) is 3.99. The van der Waals surface area contributed by atoms with Crippen molar-refractivity contribution >= 4 is 11.8 Å². The quantitative estimate of drug-likeness (QED) is 0.536. The zero-order valence-electron chi connectivity index (χ0n) is 11.4. The molecule has 0 unspecified atom stereocenters. The molecular weight excluding hydrogens is 276 g/mol. The zero-order chi connectivity index (χ0) is 14.0. The minimum Gasteiger partial charge on any atom is -0.383 e. The third kappa shape index (κ3) is 4.87. The highest BCUT2D eigenvalue weighted by Gasteiger charge is 2.06. The van der Waals surface area contributed by atoms with Gasteiger partial charge in [-0.05, 0) is 28.1 Å². The van der Waals surface area contributed by atoms with E-state index in [4.69, 9.17) is 4.74 Å². The van der Waals surface area contributed by atoms with Crippen molar-refractivity contribution in [3.63, 3.8) is 0 Å². The number of tetrazole rings is 1. The highest BCUT2D eigenvalue weighted by Crippen LogP contribution is 2.18. The van der Waals surface area contributed by atoms with Crippen molar-refractivity contribution in [3.8, 4) is 0 Å². The van der Waals surface area contributed by atoms with E-state index >= 15 is 0 Å². The van der Waals surface area contributed by atoms with Gasteiger partial charge < -0.3 is 10.1 Å². The van der Waals surface area contributed by atoms with Crippen LogP contribution in [0, 0.1) is 0 Å². The summed E-state index contributed by atoms with van der Waals surface area (Å²) in [7, 11) is 1.69. The van der Waals surface area contributed by atoms with Gasteiger partial charge in [0.25, 0.3) is 0 Å². The number of ether oxygens (including phenoxy) is 1. The van der Waals surface area contributed by atoms with E-state index in [1.807, 2.05) is 16.8 Å². The Hall–Kier alpha value is -1.51. The van der Waals surface area contributed by atoms with Gasteiger partial charge in [0.05, 0.1) is 13.2 Å². The number of pyridine rings is 1. The van der Waals surface area contributed by atoms with E-state index in [1.165, 1.54) is 5.56 Å². The van der Waals surface area contributed by atoms with Crippen LogP contribution >= 0.6 is 11.8 Å². The molecule has 0 fully saturated rings. The van der Waals surface area contributed by atoms with Crippen molar-refractivity contribution in [2.24, 2.45) is 0 Å². The van der Waals surface area contributed by atoms with Crippen molar-refractivity contribution < 1.29 is 4.74 Å². The van der Waals surface area contributed by atoms with Crippen LogP contribution in [0.3, 0.4) is 0 Å². The smallest absolute Gasteiger partial charge is 0.209 e. The van der Waals surface area contributed by atoms with Crippen molar-refractivity contribution in [2.45, 2.75) is 17.5 Å². The summed E-state index contributed by atoms with van der Waals surface area (Å²) in [5, 5.41) is 15.9. The van der Waals surface area contributed by atoms with Gasteiger partial charge in [0.2, 0.25) is 5.16 Å². The number of nitrogens with zero attached hydrogens (tertiary/aromatic N) is 5. The first-order valence-electron chi connectivity index (χ1n) is 6.37. The molecule has 8 heteroatoms. The Balaban J connectivity index is 1.76. The van der Waals surface area contributed by atoms with Crippen LogP contribution in [0.1, 0.15) is 5.56 Å². The number of rotatable bonds is 9. The van der Waals surface area contributed by atoms with Crippen LogP contribution in [0.4, 0.5) is 0 Å². The maximum Gasteiger partial charge on any atom is 0.209 e. The number of methoxy groups -OCH3 is 1. The average molecular weight is 294 g/mol. The minimum absolute atomic E-state index is 0.708. The Morgan fingerprint density at radius 1 is 1.30 bits per heavy atom. The van der Waals surface area contributed by atoms with Gasteiger partial charge in [-0.15, -0.1) is 5.10 Å². The molecular formula is C12H18N6OS. The maximum absolute atomic E-state index is 4.97. The molecule has 0 bridgehead atoms.